The van der Waals surface area contributed by atoms with E-state index < -0.39 is 5.97 Å². The maximum absolute atomic E-state index is 10.7. The van der Waals surface area contributed by atoms with Crippen LogP contribution in [-0.4, -0.2) is 29.6 Å². The highest BCUT2D eigenvalue weighted by Crippen LogP contribution is 2.29. The van der Waals surface area contributed by atoms with E-state index in [2.05, 4.69) is 66.5 Å². The van der Waals surface area contributed by atoms with Crippen molar-refractivity contribution in [1.29, 1.82) is 0 Å². The number of hydrogen-bond acceptors (Lipinski definition) is 2. The zero-order valence-corrected chi connectivity index (χ0v) is 13.3. The van der Waals surface area contributed by atoms with Crippen molar-refractivity contribution in [2.75, 3.05) is 13.6 Å². The largest absolute Gasteiger partial charge is 0.481 e. The molecule has 0 bridgehead atoms. The summed E-state index contributed by atoms with van der Waals surface area (Å²) in [6, 6.07) is 19.2. The van der Waals surface area contributed by atoms with Crippen LogP contribution in [0.4, 0.5) is 0 Å². The van der Waals surface area contributed by atoms with Gasteiger partial charge in [-0.05, 0) is 53.2 Å². The highest BCUT2D eigenvalue weighted by molar-refractivity contribution is 6.02. The highest BCUT2D eigenvalue weighted by Gasteiger charge is 2.10. The van der Waals surface area contributed by atoms with Gasteiger partial charge in [0.2, 0.25) is 0 Å². The van der Waals surface area contributed by atoms with E-state index in [0.29, 0.717) is 6.42 Å². The number of aliphatic carboxylic acids is 1. The van der Waals surface area contributed by atoms with Gasteiger partial charge in [-0.25, -0.2) is 0 Å². The first-order valence-corrected chi connectivity index (χ1v) is 7.95. The van der Waals surface area contributed by atoms with Crippen molar-refractivity contribution in [3.05, 3.63) is 60.2 Å². The monoisotopic (exact) mass is 307 g/mol. The van der Waals surface area contributed by atoms with Crippen molar-refractivity contribution < 1.29 is 9.90 Å². The van der Waals surface area contributed by atoms with Gasteiger partial charge in [0.15, 0.2) is 0 Å². The fraction of sp³-hybridized carbons (Fsp3) is 0.250. The second-order valence-electron chi connectivity index (χ2n) is 6.03. The van der Waals surface area contributed by atoms with Crippen LogP contribution in [0.1, 0.15) is 18.4 Å². The summed E-state index contributed by atoms with van der Waals surface area (Å²) >= 11 is 0. The third-order valence-electron chi connectivity index (χ3n) is 4.24. The first-order chi connectivity index (χ1) is 11.1. The zero-order valence-electron chi connectivity index (χ0n) is 13.3. The maximum Gasteiger partial charge on any atom is 0.303 e. The minimum Gasteiger partial charge on any atom is -0.481 e. The van der Waals surface area contributed by atoms with Gasteiger partial charge in [0.05, 0.1) is 0 Å². The molecule has 0 saturated carbocycles. The van der Waals surface area contributed by atoms with E-state index in [1.54, 1.807) is 0 Å². The first-order valence-electron chi connectivity index (χ1n) is 7.95. The zero-order chi connectivity index (χ0) is 16.2. The van der Waals surface area contributed by atoms with Crippen LogP contribution in [0.15, 0.2) is 54.6 Å². The van der Waals surface area contributed by atoms with Crippen LogP contribution in [0.3, 0.4) is 0 Å². The summed E-state index contributed by atoms with van der Waals surface area (Å²) in [7, 11) is 2.05. The Hall–Kier alpha value is -2.39. The van der Waals surface area contributed by atoms with E-state index in [1.807, 2.05) is 0 Å². The molecule has 1 N–H and O–H groups in total. The quantitative estimate of drug-likeness (QED) is 0.691. The van der Waals surface area contributed by atoms with Gasteiger partial charge in [-0.1, -0.05) is 48.5 Å². The number of carbonyl (C=O) groups is 1. The molecule has 0 radical (unpaired) electrons. The molecule has 0 spiro atoms. The predicted octanol–water partition coefficient (Wildman–Crippen LogP) is 4.29. The Bertz CT molecular complexity index is 787. The Morgan fingerprint density at radius 2 is 1.57 bits per heavy atom. The van der Waals surface area contributed by atoms with Crippen LogP contribution in [0.2, 0.25) is 0 Å². The van der Waals surface area contributed by atoms with Crippen molar-refractivity contribution in [2.24, 2.45) is 0 Å². The molecule has 0 heterocycles. The van der Waals surface area contributed by atoms with E-state index in [1.165, 1.54) is 27.1 Å². The van der Waals surface area contributed by atoms with Crippen molar-refractivity contribution in [3.8, 4) is 0 Å². The lowest BCUT2D eigenvalue weighted by molar-refractivity contribution is -0.137. The van der Waals surface area contributed by atoms with Gasteiger partial charge in [-0.3, -0.25) is 4.79 Å². The van der Waals surface area contributed by atoms with Crippen LogP contribution >= 0.6 is 0 Å². The number of benzene rings is 3. The molecule has 0 fully saturated rings. The molecule has 0 aliphatic heterocycles. The number of nitrogens with zero attached hydrogens (tertiary/aromatic N) is 1. The lowest BCUT2D eigenvalue weighted by Gasteiger charge is -2.19. The smallest absolute Gasteiger partial charge is 0.303 e. The number of hydrogen-bond donors (Lipinski definition) is 1. The second-order valence-corrected chi connectivity index (χ2v) is 6.03. The van der Waals surface area contributed by atoms with E-state index >= 15 is 0 Å². The molecule has 0 atom stereocenters. The van der Waals surface area contributed by atoms with Crippen LogP contribution in [0.5, 0.6) is 0 Å². The number of carboxylic acid groups (broad SMARTS) is 1. The minimum atomic E-state index is -0.728. The van der Waals surface area contributed by atoms with Crippen molar-refractivity contribution in [1.82, 2.24) is 4.90 Å². The van der Waals surface area contributed by atoms with Gasteiger partial charge in [-0.15, -0.1) is 0 Å². The Morgan fingerprint density at radius 3 is 2.13 bits per heavy atom. The van der Waals surface area contributed by atoms with Crippen molar-refractivity contribution in [3.63, 3.8) is 0 Å². The van der Waals surface area contributed by atoms with Crippen LogP contribution in [0.25, 0.3) is 21.5 Å². The van der Waals surface area contributed by atoms with Gasteiger partial charge in [-0.2, -0.15) is 0 Å². The molecule has 3 aromatic rings. The number of fused-ring (bicyclic) bond motifs is 2. The summed E-state index contributed by atoms with van der Waals surface area (Å²) in [6.45, 7) is 1.60. The summed E-state index contributed by atoms with van der Waals surface area (Å²) in [6.07, 6.45) is 0.898. The Kier molecular flexibility index (Phi) is 4.58. The molecule has 23 heavy (non-hydrogen) atoms. The number of rotatable bonds is 6. The fourth-order valence-corrected chi connectivity index (χ4v) is 3.13. The van der Waals surface area contributed by atoms with Gasteiger partial charge in [0.25, 0.3) is 0 Å². The summed E-state index contributed by atoms with van der Waals surface area (Å²) in [5.74, 6) is -0.728. The van der Waals surface area contributed by atoms with E-state index in [4.69, 9.17) is 5.11 Å². The second kappa shape index (κ2) is 6.80. The van der Waals surface area contributed by atoms with Crippen LogP contribution in [0, 0.1) is 0 Å². The molecule has 0 unspecified atom stereocenters. The van der Waals surface area contributed by atoms with Crippen LogP contribution < -0.4 is 0 Å². The molecule has 3 rings (SSSR count). The normalized spacial score (nSPS) is 11.4. The highest BCUT2D eigenvalue weighted by atomic mass is 16.4. The average molecular weight is 307 g/mol. The van der Waals surface area contributed by atoms with Crippen LogP contribution in [-0.2, 0) is 11.3 Å². The van der Waals surface area contributed by atoms with E-state index in [9.17, 15) is 4.79 Å². The van der Waals surface area contributed by atoms with Gasteiger partial charge < -0.3 is 10.0 Å². The SMILES string of the molecule is CN(CCCC(=O)O)Cc1c2ccccc2cc2ccccc12. The third kappa shape index (κ3) is 3.51. The van der Waals surface area contributed by atoms with Gasteiger partial charge in [0.1, 0.15) is 0 Å². The summed E-state index contributed by atoms with van der Waals surface area (Å²) in [4.78, 5) is 12.9. The molecule has 0 aliphatic carbocycles. The van der Waals surface area contributed by atoms with Crippen molar-refractivity contribution >= 4 is 27.5 Å². The Balaban J connectivity index is 1.95. The van der Waals surface area contributed by atoms with Crippen molar-refractivity contribution in [2.45, 2.75) is 19.4 Å². The van der Waals surface area contributed by atoms with E-state index in [0.717, 1.165) is 13.1 Å². The molecule has 3 heteroatoms. The molecule has 0 saturated heterocycles. The summed E-state index contributed by atoms with van der Waals surface area (Å²) in [5.41, 5.74) is 1.32. The molecule has 0 aliphatic rings. The molecular formula is C20H21NO2. The van der Waals surface area contributed by atoms with Gasteiger partial charge in [0, 0.05) is 13.0 Å². The molecular weight excluding hydrogens is 286 g/mol. The predicted molar refractivity (Wildman–Crippen MR) is 94.7 cm³/mol. The topological polar surface area (TPSA) is 40.5 Å². The fourth-order valence-electron chi connectivity index (χ4n) is 3.13. The third-order valence-corrected chi connectivity index (χ3v) is 4.24. The molecule has 118 valence electrons. The molecule has 0 aromatic heterocycles. The molecule has 3 nitrogen and oxygen atoms in total. The first kappa shape index (κ1) is 15.5. The van der Waals surface area contributed by atoms with Gasteiger partial charge >= 0.3 is 5.97 Å². The maximum atomic E-state index is 10.7. The standard InChI is InChI=1S/C20H21NO2/c1-21(12-6-11-20(22)23)14-19-17-9-4-2-7-15(17)13-16-8-3-5-10-18(16)19/h2-5,7-10,13H,6,11-12,14H2,1H3,(H,22,23). The lowest BCUT2D eigenvalue weighted by Crippen LogP contribution is -2.20. The molecule has 3 aromatic carbocycles. The minimum absolute atomic E-state index is 0.223. The summed E-state index contributed by atoms with van der Waals surface area (Å²) < 4.78 is 0. The summed E-state index contributed by atoms with van der Waals surface area (Å²) in [5, 5.41) is 13.8. The molecule has 0 amide bonds. The average Bonchev–Trinajstić information content (AvgIpc) is 2.54. The lowest BCUT2D eigenvalue weighted by atomic mass is 9.96. The number of carboxylic acids is 1. The van der Waals surface area contributed by atoms with E-state index in [-0.39, 0.29) is 6.42 Å². The Labute approximate surface area is 136 Å². The Morgan fingerprint density at radius 1 is 1.00 bits per heavy atom.